The van der Waals surface area contributed by atoms with E-state index in [4.69, 9.17) is 0 Å². The highest BCUT2D eigenvalue weighted by Crippen LogP contribution is 2.26. The molecular formula is C19H22N2. The number of rotatable bonds is 1. The van der Waals surface area contributed by atoms with Crippen molar-refractivity contribution in [2.75, 3.05) is 18.4 Å². The lowest BCUT2D eigenvalue weighted by atomic mass is 9.97. The summed E-state index contributed by atoms with van der Waals surface area (Å²) < 4.78 is 0. The van der Waals surface area contributed by atoms with Gasteiger partial charge in [-0.05, 0) is 42.0 Å². The number of nitrogens with one attached hydrogen (secondary N) is 1. The Labute approximate surface area is 126 Å². The molecule has 1 unspecified atom stereocenters. The van der Waals surface area contributed by atoms with Crippen LogP contribution in [0.25, 0.3) is 0 Å². The van der Waals surface area contributed by atoms with Crippen molar-refractivity contribution in [2.45, 2.75) is 31.8 Å². The van der Waals surface area contributed by atoms with Gasteiger partial charge in [-0.1, -0.05) is 42.5 Å². The van der Waals surface area contributed by atoms with Crippen LogP contribution in [0.15, 0.2) is 48.5 Å². The van der Waals surface area contributed by atoms with Gasteiger partial charge in [0.05, 0.1) is 0 Å². The maximum absolute atomic E-state index is 3.65. The van der Waals surface area contributed by atoms with E-state index in [9.17, 15) is 0 Å². The Morgan fingerprint density at radius 3 is 2.52 bits per heavy atom. The Kier molecular flexibility index (Phi) is 3.40. The molecule has 0 amide bonds. The van der Waals surface area contributed by atoms with Crippen LogP contribution in [0.2, 0.25) is 0 Å². The molecule has 0 fully saturated rings. The number of para-hydroxylation sites is 1. The summed E-state index contributed by atoms with van der Waals surface area (Å²) in [7, 11) is 0. The second-order valence-electron chi connectivity index (χ2n) is 6.22. The Balaban J connectivity index is 1.49. The van der Waals surface area contributed by atoms with Crippen LogP contribution in [0.1, 0.15) is 23.1 Å². The van der Waals surface area contributed by atoms with Crippen molar-refractivity contribution >= 4 is 5.69 Å². The number of aryl methyl sites for hydroxylation is 1. The van der Waals surface area contributed by atoms with Gasteiger partial charge in [0.1, 0.15) is 0 Å². The largest absolute Gasteiger partial charge is 0.383 e. The first-order valence-electron chi connectivity index (χ1n) is 8.03. The molecule has 2 aliphatic rings. The minimum atomic E-state index is 0.644. The number of benzene rings is 2. The lowest BCUT2D eigenvalue weighted by Crippen LogP contribution is -2.42. The monoisotopic (exact) mass is 278 g/mol. The van der Waals surface area contributed by atoms with E-state index < -0.39 is 0 Å². The average Bonchev–Trinajstić information content (AvgIpc) is 2.77. The van der Waals surface area contributed by atoms with Gasteiger partial charge in [-0.15, -0.1) is 0 Å². The molecule has 2 aromatic rings. The quantitative estimate of drug-likeness (QED) is 0.859. The van der Waals surface area contributed by atoms with Crippen molar-refractivity contribution < 1.29 is 0 Å². The predicted octanol–water partition coefficient (Wildman–Crippen LogP) is 3.47. The predicted molar refractivity (Wildman–Crippen MR) is 87.6 cm³/mol. The molecule has 1 N–H and O–H groups in total. The maximum Gasteiger partial charge on any atom is 0.0373 e. The molecule has 0 spiro atoms. The molecule has 2 heteroatoms. The van der Waals surface area contributed by atoms with Crippen LogP contribution in [0.3, 0.4) is 0 Å². The Morgan fingerprint density at radius 2 is 1.62 bits per heavy atom. The van der Waals surface area contributed by atoms with Crippen LogP contribution in [0.4, 0.5) is 5.69 Å². The molecule has 0 saturated heterocycles. The molecule has 2 nitrogen and oxygen atoms in total. The SMILES string of the molecule is c1ccc2c(c1)CCN(C1CCc3ccccc3NC1)C2. The highest BCUT2D eigenvalue weighted by atomic mass is 15.2. The third-order valence-corrected chi connectivity index (χ3v) is 4.97. The number of hydrogen-bond donors (Lipinski definition) is 1. The van der Waals surface area contributed by atoms with Crippen LogP contribution < -0.4 is 5.32 Å². The Hall–Kier alpha value is -1.80. The highest BCUT2D eigenvalue weighted by Gasteiger charge is 2.25. The van der Waals surface area contributed by atoms with Crippen molar-refractivity contribution in [3.63, 3.8) is 0 Å². The van der Waals surface area contributed by atoms with Gasteiger partial charge in [0.15, 0.2) is 0 Å². The van der Waals surface area contributed by atoms with E-state index in [2.05, 4.69) is 58.7 Å². The van der Waals surface area contributed by atoms with Gasteiger partial charge in [-0.3, -0.25) is 4.90 Å². The first-order chi connectivity index (χ1) is 10.4. The number of anilines is 1. The van der Waals surface area contributed by atoms with E-state index in [1.54, 1.807) is 5.56 Å². The highest BCUT2D eigenvalue weighted by molar-refractivity contribution is 5.52. The fourth-order valence-corrected chi connectivity index (χ4v) is 3.70. The lowest BCUT2D eigenvalue weighted by molar-refractivity contribution is 0.178. The van der Waals surface area contributed by atoms with Gasteiger partial charge in [0.25, 0.3) is 0 Å². The third-order valence-electron chi connectivity index (χ3n) is 4.97. The van der Waals surface area contributed by atoms with Crippen LogP contribution in [0, 0.1) is 0 Å². The van der Waals surface area contributed by atoms with Gasteiger partial charge < -0.3 is 5.32 Å². The molecule has 1 atom stereocenters. The first kappa shape index (κ1) is 12.9. The fraction of sp³-hybridized carbons (Fsp3) is 0.368. The van der Waals surface area contributed by atoms with Gasteiger partial charge in [0.2, 0.25) is 0 Å². The molecule has 4 rings (SSSR count). The average molecular weight is 278 g/mol. The Bertz CT molecular complexity index is 608. The zero-order valence-electron chi connectivity index (χ0n) is 12.4. The summed E-state index contributed by atoms with van der Waals surface area (Å²) in [5.41, 5.74) is 5.86. The zero-order chi connectivity index (χ0) is 14.1. The van der Waals surface area contributed by atoms with Gasteiger partial charge in [-0.2, -0.15) is 0 Å². The van der Waals surface area contributed by atoms with Crippen molar-refractivity contribution in [1.82, 2.24) is 4.90 Å². The smallest absolute Gasteiger partial charge is 0.0373 e. The van der Waals surface area contributed by atoms with Crippen LogP contribution in [-0.2, 0) is 19.4 Å². The van der Waals surface area contributed by atoms with E-state index in [0.29, 0.717) is 6.04 Å². The third kappa shape index (κ3) is 2.56. The summed E-state index contributed by atoms with van der Waals surface area (Å²) in [5, 5.41) is 3.65. The van der Waals surface area contributed by atoms with E-state index in [1.807, 2.05) is 0 Å². The molecule has 2 aromatic carbocycles. The second-order valence-corrected chi connectivity index (χ2v) is 6.22. The van der Waals surface area contributed by atoms with Crippen molar-refractivity contribution in [3.05, 3.63) is 65.2 Å². The second kappa shape index (κ2) is 5.53. The summed E-state index contributed by atoms with van der Waals surface area (Å²) in [5.74, 6) is 0. The summed E-state index contributed by atoms with van der Waals surface area (Å²) in [4.78, 5) is 2.67. The number of hydrogen-bond acceptors (Lipinski definition) is 2. The lowest BCUT2D eigenvalue weighted by Gasteiger charge is -2.35. The summed E-state index contributed by atoms with van der Waals surface area (Å²) in [6, 6.07) is 18.3. The maximum atomic E-state index is 3.65. The van der Waals surface area contributed by atoms with E-state index in [-0.39, 0.29) is 0 Å². The molecule has 2 heterocycles. The fourth-order valence-electron chi connectivity index (χ4n) is 3.70. The van der Waals surface area contributed by atoms with Gasteiger partial charge in [-0.25, -0.2) is 0 Å². The van der Waals surface area contributed by atoms with Gasteiger partial charge >= 0.3 is 0 Å². The van der Waals surface area contributed by atoms with E-state index in [0.717, 1.165) is 13.1 Å². The number of fused-ring (bicyclic) bond motifs is 2. The minimum Gasteiger partial charge on any atom is -0.383 e. The molecule has 0 aliphatic carbocycles. The zero-order valence-corrected chi connectivity index (χ0v) is 12.4. The molecule has 0 aromatic heterocycles. The van der Waals surface area contributed by atoms with Crippen LogP contribution in [0.5, 0.6) is 0 Å². The molecule has 0 saturated carbocycles. The van der Waals surface area contributed by atoms with Crippen molar-refractivity contribution in [2.24, 2.45) is 0 Å². The van der Waals surface area contributed by atoms with Crippen LogP contribution in [-0.4, -0.2) is 24.0 Å². The first-order valence-corrected chi connectivity index (χ1v) is 8.03. The van der Waals surface area contributed by atoms with Crippen molar-refractivity contribution in [3.8, 4) is 0 Å². The molecule has 2 aliphatic heterocycles. The number of nitrogens with zero attached hydrogens (tertiary/aromatic N) is 1. The van der Waals surface area contributed by atoms with Crippen LogP contribution >= 0.6 is 0 Å². The van der Waals surface area contributed by atoms with E-state index in [1.165, 1.54) is 42.6 Å². The summed E-state index contributed by atoms with van der Waals surface area (Å²) in [6.07, 6.45) is 3.64. The molecule has 0 radical (unpaired) electrons. The van der Waals surface area contributed by atoms with Crippen molar-refractivity contribution in [1.29, 1.82) is 0 Å². The molecule has 21 heavy (non-hydrogen) atoms. The minimum absolute atomic E-state index is 0.644. The molecule has 0 bridgehead atoms. The Morgan fingerprint density at radius 1 is 0.857 bits per heavy atom. The van der Waals surface area contributed by atoms with Gasteiger partial charge in [0, 0.05) is 31.4 Å². The topological polar surface area (TPSA) is 15.3 Å². The molecule has 108 valence electrons. The summed E-state index contributed by atoms with van der Waals surface area (Å²) >= 11 is 0. The molecular weight excluding hydrogens is 256 g/mol. The normalized spacial score (nSPS) is 21.8. The standard InChI is InChI=1S/C19H22N2/c1-2-7-17-14-21(12-11-15(17)5-1)18-10-9-16-6-3-4-8-19(16)20-13-18/h1-8,18,20H,9-14H2. The van der Waals surface area contributed by atoms with E-state index >= 15 is 0 Å². The summed E-state index contributed by atoms with van der Waals surface area (Å²) in [6.45, 7) is 3.37.